The maximum Gasteiger partial charge on any atom is 0.349 e. The summed E-state index contributed by atoms with van der Waals surface area (Å²) >= 11 is 6.07. The zero-order valence-corrected chi connectivity index (χ0v) is 16.4. The molecule has 4 rings (SSSR count). The molecular weight excluding hydrogens is 376 g/mol. The molecule has 1 N–H and O–H groups in total. The number of benzene rings is 2. The minimum Gasteiger partial charge on any atom is -0.322 e. The van der Waals surface area contributed by atoms with Gasteiger partial charge in [0, 0.05) is 11.6 Å². The summed E-state index contributed by atoms with van der Waals surface area (Å²) < 4.78 is 1.92. The van der Waals surface area contributed by atoms with E-state index in [2.05, 4.69) is 15.0 Å². The molecule has 0 bridgehead atoms. The molecule has 0 atom stereocenters. The summed E-state index contributed by atoms with van der Waals surface area (Å²) in [6, 6.07) is 11.7. The summed E-state index contributed by atoms with van der Waals surface area (Å²) in [5, 5.41) is 0.709. The molecule has 28 heavy (non-hydrogen) atoms. The van der Waals surface area contributed by atoms with Gasteiger partial charge < -0.3 is 4.57 Å². The van der Waals surface area contributed by atoms with Gasteiger partial charge in [-0.3, -0.25) is 9.78 Å². The van der Waals surface area contributed by atoms with Gasteiger partial charge in [0.25, 0.3) is 5.56 Å². The summed E-state index contributed by atoms with van der Waals surface area (Å²) in [4.78, 5) is 34.8. The maximum atomic E-state index is 12.3. The van der Waals surface area contributed by atoms with E-state index in [1.807, 2.05) is 54.8 Å². The van der Waals surface area contributed by atoms with Crippen molar-refractivity contribution in [2.75, 3.05) is 0 Å². The van der Waals surface area contributed by atoms with Gasteiger partial charge in [-0.2, -0.15) is 4.98 Å². The van der Waals surface area contributed by atoms with E-state index in [0.717, 1.165) is 35.0 Å². The smallest absolute Gasteiger partial charge is 0.322 e. The van der Waals surface area contributed by atoms with Crippen molar-refractivity contribution >= 4 is 22.6 Å². The van der Waals surface area contributed by atoms with Gasteiger partial charge in [0.15, 0.2) is 11.5 Å². The van der Waals surface area contributed by atoms with E-state index in [1.165, 1.54) is 0 Å². The molecule has 0 fully saturated rings. The average molecular weight is 395 g/mol. The first-order valence-corrected chi connectivity index (χ1v) is 9.46. The quantitative estimate of drug-likeness (QED) is 0.537. The predicted molar refractivity (Wildman–Crippen MR) is 110 cm³/mol. The van der Waals surface area contributed by atoms with Gasteiger partial charge in [-0.25, -0.2) is 9.78 Å². The molecule has 2 heterocycles. The van der Waals surface area contributed by atoms with Gasteiger partial charge in [0.05, 0.1) is 11.0 Å². The molecule has 2 aromatic rings. The molecule has 0 aromatic heterocycles. The molecule has 2 aliphatic rings. The number of aryl methyl sites for hydroxylation is 4. The lowest BCUT2D eigenvalue weighted by Crippen LogP contribution is -2.29. The first-order valence-electron chi connectivity index (χ1n) is 9.08. The summed E-state index contributed by atoms with van der Waals surface area (Å²) in [7, 11) is 0. The van der Waals surface area contributed by atoms with Gasteiger partial charge >= 0.3 is 5.69 Å². The van der Waals surface area contributed by atoms with Crippen LogP contribution < -0.4 is 11.2 Å². The standard InChI is InChI=1S/C21H19ClN4O2/c1-12-9-16-17(10-13(12)2)26(8-4-6-14-5-3-7-15(22)11-14)19-18(23-16)20(27)25-21(28)24-19/h3,5,7,9-11H,4,6,8H2,1-2H3,(H,25,27,28). The molecular formula is C21H19ClN4O2. The number of aromatic nitrogens is 4. The number of aromatic amines is 1. The van der Waals surface area contributed by atoms with Gasteiger partial charge in [-0.05, 0) is 67.6 Å². The van der Waals surface area contributed by atoms with Crippen molar-refractivity contribution < 1.29 is 0 Å². The number of nitrogens with zero attached hydrogens (tertiary/aromatic N) is 3. The van der Waals surface area contributed by atoms with Crippen molar-refractivity contribution in [3.63, 3.8) is 0 Å². The molecule has 0 radical (unpaired) electrons. The predicted octanol–water partition coefficient (Wildman–Crippen LogP) is 3.49. The summed E-state index contributed by atoms with van der Waals surface area (Å²) in [6.45, 7) is 4.63. The van der Waals surface area contributed by atoms with Crippen LogP contribution in [0.3, 0.4) is 0 Å². The van der Waals surface area contributed by atoms with Crippen LogP contribution in [0.4, 0.5) is 0 Å². The molecule has 0 unspecified atom stereocenters. The van der Waals surface area contributed by atoms with Crippen molar-refractivity contribution in [2.24, 2.45) is 0 Å². The molecule has 0 saturated carbocycles. The fraction of sp³-hybridized carbons (Fsp3) is 0.238. The van der Waals surface area contributed by atoms with Crippen LogP contribution in [0, 0.1) is 13.8 Å². The summed E-state index contributed by atoms with van der Waals surface area (Å²) in [5.41, 5.74) is 3.92. The van der Waals surface area contributed by atoms with Gasteiger partial charge in [-0.15, -0.1) is 0 Å². The number of hydrogen-bond acceptors (Lipinski definition) is 4. The largest absolute Gasteiger partial charge is 0.349 e. The second-order valence-electron chi connectivity index (χ2n) is 6.97. The van der Waals surface area contributed by atoms with Gasteiger partial charge in [0.1, 0.15) is 0 Å². The van der Waals surface area contributed by atoms with Crippen molar-refractivity contribution in [3.05, 3.63) is 78.9 Å². The summed E-state index contributed by atoms with van der Waals surface area (Å²) in [6.07, 6.45) is 1.62. The number of rotatable bonds is 4. The third kappa shape index (κ3) is 3.43. The topological polar surface area (TPSA) is 80.6 Å². The Balaban J connectivity index is 1.82. The Kier molecular flexibility index (Phi) is 4.73. The average Bonchev–Trinajstić information content (AvgIpc) is 2.63. The Bertz CT molecular complexity index is 1280. The SMILES string of the molecule is Cc1cc2nc3c(=O)[nH]c(=O)nc-3n(CCCc3cccc(Cl)c3)c2cc1C. The van der Waals surface area contributed by atoms with Crippen molar-refractivity contribution in [1.82, 2.24) is 19.5 Å². The highest BCUT2D eigenvalue weighted by molar-refractivity contribution is 6.30. The van der Waals surface area contributed by atoms with E-state index in [9.17, 15) is 9.59 Å². The van der Waals surface area contributed by atoms with Crippen molar-refractivity contribution in [3.8, 4) is 11.5 Å². The fourth-order valence-electron chi connectivity index (χ4n) is 3.41. The molecule has 0 amide bonds. The zero-order chi connectivity index (χ0) is 19.8. The van der Waals surface area contributed by atoms with Gasteiger partial charge in [0.2, 0.25) is 0 Å². The molecule has 142 valence electrons. The minimum absolute atomic E-state index is 0.179. The monoisotopic (exact) mass is 394 g/mol. The Labute approximate surface area is 166 Å². The lowest BCUT2D eigenvalue weighted by molar-refractivity contribution is 0.648. The minimum atomic E-state index is -0.661. The highest BCUT2D eigenvalue weighted by atomic mass is 35.5. The highest BCUT2D eigenvalue weighted by Crippen LogP contribution is 2.24. The lowest BCUT2D eigenvalue weighted by atomic mass is 10.1. The summed E-state index contributed by atoms with van der Waals surface area (Å²) in [5.74, 6) is 0.315. The first-order chi connectivity index (χ1) is 13.4. The molecule has 2 aliphatic heterocycles. The third-order valence-corrected chi connectivity index (χ3v) is 5.20. The molecule has 0 spiro atoms. The van der Waals surface area contributed by atoms with E-state index in [4.69, 9.17) is 11.6 Å². The fourth-order valence-corrected chi connectivity index (χ4v) is 3.62. The lowest BCUT2D eigenvalue weighted by Gasteiger charge is -2.17. The normalized spacial score (nSPS) is 11.4. The first kappa shape index (κ1) is 18.4. The Morgan fingerprint density at radius 2 is 1.86 bits per heavy atom. The van der Waals surface area contributed by atoms with Crippen LogP contribution in [-0.2, 0) is 13.0 Å². The molecule has 7 heteroatoms. The van der Waals surface area contributed by atoms with Crippen LogP contribution in [0.15, 0.2) is 46.0 Å². The Morgan fingerprint density at radius 1 is 1.07 bits per heavy atom. The van der Waals surface area contributed by atoms with Gasteiger partial charge in [-0.1, -0.05) is 23.7 Å². The number of hydrogen-bond donors (Lipinski definition) is 1. The van der Waals surface area contributed by atoms with E-state index in [-0.39, 0.29) is 5.69 Å². The molecule has 6 nitrogen and oxygen atoms in total. The van der Waals surface area contributed by atoms with E-state index in [1.54, 1.807) is 0 Å². The third-order valence-electron chi connectivity index (χ3n) is 4.96. The van der Waals surface area contributed by atoms with E-state index < -0.39 is 11.2 Å². The molecule has 0 saturated heterocycles. The number of H-pyrrole nitrogens is 1. The van der Waals surface area contributed by atoms with Crippen molar-refractivity contribution in [2.45, 2.75) is 33.2 Å². The molecule has 0 aliphatic carbocycles. The number of nitrogens with one attached hydrogen (secondary N) is 1. The van der Waals surface area contributed by atoms with Crippen LogP contribution in [0.5, 0.6) is 0 Å². The molecule has 2 aromatic carbocycles. The zero-order valence-electron chi connectivity index (χ0n) is 15.6. The number of halogens is 1. The van der Waals surface area contributed by atoms with Crippen LogP contribution in [-0.4, -0.2) is 19.5 Å². The van der Waals surface area contributed by atoms with Crippen LogP contribution in [0.1, 0.15) is 23.1 Å². The second-order valence-corrected chi connectivity index (χ2v) is 7.40. The van der Waals surface area contributed by atoms with Crippen LogP contribution >= 0.6 is 11.6 Å². The van der Waals surface area contributed by atoms with Crippen molar-refractivity contribution in [1.29, 1.82) is 0 Å². The maximum absolute atomic E-state index is 12.3. The van der Waals surface area contributed by atoms with Crippen LogP contribution in [0.2, 0.25) is 5.02 Å². The van der Waals surface area contributed by atoms with Crippen LogP contribution in [0.25, 0.3) is 22.6 Å². The second kappa shape index (κ2) is 7.20. The Hall–Kier alpha value is -2.99. The number of fused-ring (bicyclic) bond motifs is 2. The van der Waals surface area contributed by atoms with E-state index in [0.29, 0.717) is 22.9 Å². The highest BCUT2D eigenvalue weighted by Gasteiger charge is 2.19. The van der Waals surface area contributed by atoms with E-state index >= 15 is 0 Å². The Morgan fingerprint density at radius 3 is 2.64 bits per heavy atom.